The molecule has 0 spiro atoms. The third-order valence-corrected chi connectivity index (χ3v) is 5.39. The maximum atomic E-state index is 5.71. The van der Waals surface area contributed by atoms with Gasteiger partial charge in [0.05, 0.1) is 0 Å². The van der Waals surface area contributed by atoms with Crippen LogP contribution in [0.1, 0.15) is 11.1 Å². The Kier molecular flexibility index (Phi) is 3.94. The highest BCUT2D eigenvalue weighted by atomic mass is 14.7. The Balaban J connectivity index is 1.74. The van der Waals surface area contributed by atoms with Crippen molar-refractivity contribution in [3.63, 3.8) is 0 Å². The zero-order valence-electron chi connectivity index (χ0n) is 15.7. The highest BCUT2D eigenvalue weighted by Gasteiger charge is 2.10. The van der Waals surface area contributed by atoms with Gasteiger partial charge in [0.1, 0.15) is 0 Å². The minimum Gasteiger partial charge on any atom is -0.355 e. The lowest BCUT2D eigenvalue weighted by atomic mass is 9.96. The summed E-state index contributed by atoms with van der Waals surface area (Å²) >= 11 is 0. The Bertz CT molecular complexity index is 1360. The number of hydrogen-bond donors (Lipinski definition) is 1. The molecule has 0 saturated heterocycles. The van der Waals surface area contributed by atoms with Crippen molar-refractivity contribution < 1.29 is 0 Å². The van der Waals surface area contributed by atoms with Gasteiger partial charge in [0.25, 0.3) is 0 Å². The number of aromatic nitrogens is 1. The molecule has 0 aliphatic heterocycles. The summed E-state index contributed by atoms with van der Waals surface area (Å²) in [5.41, 5.74) is 8.36. The smallest absolute Gasteiger partial charge is 0.0465 e. The van der Waals surface area contributed by atoms with Crippen molar-refractivity contribution >= 4 is 21.8 Å². The number of nitrogens with one attached hydrogen (secondary N) is 1. The molecule has 5 rings (SSSR count). The molecule has 1 heterocycles. The van der Waals surface area contributed by atoms with Gasteiger partial charge in [-0.1, -0.05) is 60.4 Å². The van der Waals surface area contributed by atoms with E-state index >= 15 is 0 Å². The maximum absolute atomic E-state index is 5.71. The monoisotopic (exact) mass is 367 g/mol. The van der Waals surface area contributed by atoms with Gasteiger partial charge in [0.2, 0.25) is 0 Å². The molecule has 4 aromatic carbocycles. The molecule has 134 valence electrons. The van der Waals surface area contributed by atoms with Gasteiger partial charge in [-0.05, 0) is 58.7 Å². The highest BCUT2D eigenvalue weighted by molar-refractivity contribution is 6.10. The molecule has 0 amide bonds. The van der Waals surface area contributed by atoms with Crippen molar-refractivity contribution in [1.82, 2.24) is 4.98 Å². The van der Waals surface area contributed by atoms with Gasteiger partial charge >= 0.3 is 0 Å². The van der Waals surface area contributed by atoms with Gasteiger partial charge in [-0.15, -0.1) is 12.8 Å². The third kappa shape index (κ3) is 2.78. The molecule has 0 radical (unpaired) electrons. The van der Waals surface area contributed by atoms with Crippen molar-refractivity contribution in [2.45, 2.75) is 0 Å². The molecule has 1 nitrogen and oxygen atoms in total. The van der Waals surface area contributed by atoms with Crippen LogP contribution < -0.4 is 0 Å². The SMILES string of the molecule is C#Cc1ccccc1-c1ccc2[nH]c3ccc(-c4ccccc4C#C)cc3c2c1. The number of H-pyrrole nitrogens is 1. The first-order valence-corrected chi connectivity index (χ1v) is 9.46. The number of benzene rings is 4. The second kappa shape index (κ2) is 6.75. The Labute approximate surface area is 170 Å². The number of hydrogen-bond acceptors (Lipinski definition) is 0. The second-order valence-electron chi connectivity index (χ2n) is 7.03. The number of terminal acetylenes is 2. The van der Waals surface area contributed by atoms with E-state index in [9.17, 15) is 0 Å². The largest absolute Gasteiger partial charge is 0.355 e. The molecule has 29 heavy (non-hydrogen) atoms. The number of rotatable bonds is 2. The quantitative estimate of drug-likeness (QED) is 0.338. The van der Waals surface area contributed by atoms with Crippen LogP contribution in [-0.4, -0.2) is 4.98 Å². The lowest BCUT2D eigenvalue weighted by Gasteiger charge is -2.06. The van der Waals surface area contributed by atoms with Gasteiger partial charge in [-0.3, -0.25) is 0 Å². The molecule has 0 atom stereocenters. The predicted octanol–water partition coefficient (Wildman–Crippen LogP) is 6.62. The van der Waals surface area contributed by atoms with E-state index in [0.29, 0.717) is 0 Å². The van der Waals surface area contributed by atoms with Crippen molar-refractivity contribution in [2.75, 3.05) is 0 Å². The second-order valence-corrected chi connectivity index (χ2v) is 7.03. The predicted molar refractivity (Wildman–Crippen MR) is 123 cm³/mol. The van der Waals surface area contributed by atoms with Crippen molar-refractivity contribution in [3.05, 3.63) is 96.1 Å². The topological polar surface area (TPSA) is 15.8 Å². The van der Waals surface area contributed by atoms with Crippen molar-refractivity contribution in [3.8, 4) is 46.9 Å². The molecular formula is C28H17N. The Morgan fingerprint density at radius 1 is 0.552 bits per heavy atom. The van der Waals surface area contributed by atoms with Gasteiger partial charge in [-0.25, -0.2) is 0 Å². The van der Waals surface area contributed by atoms with Crippen LogP contribution in [0.2, 0.25) is 0 Å². The number of aromatic amines is 1. The van der Waals surface area contributed by atoms with Gasteiger partial charge in [0, 0.05) is 32.9 Å². The average molecular weight is 367 g/mol. The van der Waals surface area contributed by atoms with E-state index < -0.39 is 0 Å². The summed E-state index contributed by atoms with van der Waals surface area (Å²) in [5, 5.41) is 2.34. The molecule has 1 aromatic heterocycles. The van der Waals surface area contributed by atoms with Crippen LogP contribution in [0.5, 0.6) is 0 Å². The molecular weight excluding hydrogens is 350 g/mol. The lowest BCUT2D eigenvalue weighted by molar-refractivity contribution is 1.53. The molecule has 5 aromatic rings. The summed E-state index contributed by atoms with van der Waals surface area (Å²) < 4.78 is 0. The summed E-state index contributed by atoms with van der Waals surface area (Å²) in [6.45, 7) is 0. The van der Waals surface area contributed by atoms with Crippen molar-refractivity contribution in [1.29, 1.82) is 0 Å². The Morgan fingerprint density at radius 3 is 1.45 bits per heavy atom. The van der Waals surface area contributed by atoms with E-state index in [1.165, 1.54) is 10.8 Å². The van der Waals surface area contributed by atoms with Crippen LogP contribution in [0.3, 0.4) is 0 Å². The van der Waals surface area contributed by atoms with Crippen LogP contribution in [0, 0.1) is 24.7 Å². The molecule has 0 aliphatic carbocycles. The van der Waals surface area contributed by atoms with Crippen LogP contribution in [0.15, 0.2) is 84.9 Å². The minimum absolute atomic E-state index is 0.898. The first-order chi connectivity index (χ1) is 14.3. The summed E-state index contributed by atoms with van der Waals surface area (Å²) in [6, 6.07) is 28.9. The zero-order valence-corrected chi connectivity index (χ0v) is 15.7. The molecule has 0 bridgehead atoms. The lowest BCUT2D eigenvalue weighted by Crippen LogP contribution is -1.84. The van der Waals surface area contributed by atoms with E-state index in [2.05, 4.69) is 65.4 Å². The molecule has 0 fully saturated rings. The standard InChI is InChI=1S/C28H17N/c1-3-19-9-5-7-11-23(19)21-13-15-27-25(17-21)26-18-22(14-16-28(26)29-27)24-12-8-6-10-20(24)4-2/h1-2,5-18,29H. The van der Waals surface area contributed by atoms with Crippen LogP contribution in [0.25, 0.3) is 44.1 Å². The zero-order chi connectivity index (χ0) is 19.8. The molecule has 1 N–H and O–H groups in total. The first kappa shape index (κ1) is 16.9. The molecule has 0 aliphatic rings. The van der Waals surface area contributed by atoms with E-state index in [1.54, 1.807) is 0 Å². The van der Waals surface area contributed by atoms with Gasteiger partial charge < -0.3 is 4.98 Å². The average Bonchev–Trinajstić information content (AvgIpc) is 3.16. The third-order valence-electron chi connectivity index (χ3n) is 5.39. The van der Waals surface area contributed by atoms with Gasteiger partial charge in [-0.2, -0.15) is 0 Å². The highest BCUT2D eigenvalue weighted by Crippen LogP contribution is 2.34. The minimum atomic E-state index is 0.898. The molecule has 0 saturated carbocycles. The summed E-state index contributed by atoms with van der Waals surface area (Å²) in [7, 11) is 0. The summed E-state index contributed by atoms with van der Waals surface area (Å²) in [5.74, 6) is 5.58. The van der Waals surface area contributed by atoms with E-state index in [1.807, 2.05) is 36.4 Å². The van der Waals surface area contributed by atoms with Crippen LogP contribution >= 0.6 is 0 Å². The summed E-state index contributed by atoms with van der Waals surface area (Å²) in [6.07, 6.45) is 11.4. The van der Waals surface area contributed by atoms with E-state index in [0.717, 1.165) is 44.4 Å². The van der Waals surface area contributed by atoms with Crippen LogP contribution in [-0.2, 0) is 0 Å². The van der Waals surface area contributed by atoms with Crippen molar-refractivity contribution in [2.24, 2.45) is 0 Å². The van der Waals surface area contributed by atoms with E-state index in [4.69, 9.17) is 12.8 Å². The first-order valence-electron chi connectivity index (χ1n) is 9.46. The maximum Gasteiger partial charge on any atom is 0.0465 e. The fraction of sp³-hybridized carbons (Fsp3) is 0. The normalized spacial score (nSPS) is 10.7. The number of fused-ring (bicyclic) bond motifs is 3. The van der Waals surface area contributed by atoms with Crippen LogP contribution in [0.4, 0.5) is 0 Å². The molecule has 1 heteroatoms. The Hall–Kier alpha value is -4.20. The summed E-state index contributed by atoms with van der Waals surface area (Å²) in [4.78, 5) is 3.51. The van der Waals surface area contributed by atoms with Gasteiger partial charge in [0.15, 0.2) is 0 Å². The Morgan fingerprint density at radius 2 is 1.00 bits per heavy atom. The van der Waals surface area contributed by atoms with E-state index in [-0.39, 0.29) is 0 Å². The molecule has 0 unspecified atom stereocenters. The fourth-order valence-electron chi connectivity index (χ4n) is 3.95. The fourth-order valence-corrected chi connectivity index (χ4v) is 3.95.